The monoisotopic (exact) mass is 272 g/mol. The van der Waals surface area contributed by atoms with E-state index in [1.807, 2.05) is 13.0 Å². The van der Waals surface area contributed by atoms with E-state index in [1.165, 1.54) is 0 Å². The predicted octanol–water partition coefficient (Wildman–Crippen LogP) is 1.74. The smallest absolute Gasteiger partial charge is 0.256 e. The number of amides is 1. The molecule has 0 aliphatic heterocycles. The van der Waals surface area contributed by atoms with Gasteiger partial charge >= 0.3 is 0 Å². The average Bonchev–Trinajstić information content (AvgIpc) is 2.37. The summed E-state index contributed by atoms with van der Waals surface area (Å²) in [5, 5.41) is 11.7. The van der Waals surface area contributed by atoms with Crippen LogP contribution < -0.4 is 5.32 Å². The zero-order chi connectivity index (χ0) is 14.4. The van der Waals surface area contributed by atoms with Gasteiger partial charge in [0, 0.05) is 19.3 Å². The van der Waals surface area contributed by atoms with Gasteiger partial charge in [0.15, 0.2) is 0 Å². The Morgan fingerprint density at radius 2 is 2.16 bits per heavy atom. The Morgan fingerprint density at radius 3 is 2.68 bits per heavy atom. The van der Waals surface area contributed by atoms with Crippen LogP contribution in [0.3, 0.4) is 0 Å². The fraction of sp³-hybridized carbons (Fsp3) is 0.462. The molecule has 6 heteroatoms. The maximum Gasteiger partial charge on any atom is 0.256 e. The van der Waals surface area contributed by atoms with Crippen molar-refractivity contribution in [3.8, 4) is 0 Å². The lowest BCUT2D eigenvalue weighted by Crippen LogP contribution is -2.37. The molecule has 4 nitrogen and oxygen atoms in total. The number of nitrogens with zero attached hydrogens (tertiary/aromatic N) is 1. The number of halogens is 2. The summed E-state index contributed by atoms with van der Waals surface area (Å²) in [7, 11) is 1.66. The molecule has 1 rings (SSSR count). The topological polar surface area (TPSA) is 52.6 Å². The highest BCUT2D eigenvalue weighted by molar-refractivity contribution is 5.99. The molecule has 0 bridgehead atoms. The number of alkyl halides is 2. The second-order valence-corrected chi connectivity index (χ2v) is 4.16. The predicted molar refractivity (Wildman–Crippen MR) is 69.7 cm³/mol. The number of benzene rings is 1. The third kappa shape index (κ3) is 4.17. The molecule has 106 valence electrons. The highest BCUT2D eigenvalue weighted by Gasteiger charge is 2.21. The van der Waals surface area contributed by atoms with Crippen molar-refractivity contribution < 1.29 is 18.7 Å². The van der Waals surface area contributed by atoms with Gasteiger partial charge in [0.25, 0.3) is 12.3 Å². The van der Waals surface area contributed by atoms with Crippen molar-refractivity contribution in [1.29, 1.82) is 0 Å². The molecular formula is C13H18F2N2O2. The Kier molecular flexibility index (Phi) is 5.69. The first kappa shape index (κ1) is 15.4. The third-order valence-electron chi connectivity index (χ3n) is 2.69. The van der Waals surface area contributed by atoms with Gasteiger partial charge in [-0.2, -0.15) is 0 Å². The number of hydrogen-bond donors (Lipinski definition) is 2. The van der Waals surface area contributed by atoms with Gasteiger partial charge < -0.3 is 15.3 Å². The van der Waals surface area contributed by atoms with Gasteiger partial charge in [-0.15, -0.1) is 0 Å². The Morgan fingerprint density at radius 1 is 1.47 bits per heavy atom. The summed E-state index contributed by atoms with van der Waals surface area (Å²) >= 11 is 0. The summed E-state index contributed by atoms with van der Waals surface area (Å²) < 4.78 is 24.9. The van der Waals surface area contributed by atoms with Crippen LogP contribution in [0.25, 0.3) is 0 Å². The van der Waals surface area contributed by atoms with Crippen LogP contribution in [0.5, 0.6) is 0 Å². The van der Waals surface area contributed by atoms with Crippen molar-refractivity contribution in [1.82, 2.24) is 4.90 Å². The normalized spacial score (nSPS) is 10.6. The molecule has 1 amide bonds. The number of hydrogen-bond acceptors (Lipinski definition) is 3. The summed E-state index contributed by atoms with van der Waals surface area (Å²) in [4.78, 5) is 13.2. The van der Waals surface area contributed by atoms with Gasteiger partial charge in [0.05, 0.1) is 18.7 Å². The van der Waals surface area contributed by atoms with Crippen molar-refractivity contribution in [2.24, 2.45) is 0 Å². The van der Waals surface area contributed by atoms with E-state index in [0.717, 1.165) is 10.5 Å². The number of aryl methyl sites for hydroxylation is 1. The van der Waals surface area contributed by atoms with Crippen molar-refractivity contribution in [2.45, 2.75) is 13.3 Å². The molecule has 0 aliphatic carbocycles. The number of aliphatic hydroxyl groups is 1. The first-order valence-electron chi connectivity index (χ1n) is 5.96. The molecule has 0 radical (unpaired) electrons. The first-order valence-corrected chi connectivity index (χ1v) is 5.96. The lowest BCUT2D eigenvalue weighted by atomic mass is 10.1. The van der Waals surface area contributed by atoms with Gasteiger partial charge in [0.2, 0.25) is 0 Å². The number of carbonyl (C=O) groups is 1. The zero-order valence-corrected chi connectivity index (χ0v) is 11.0. The molecule has 0 unspecified atom stereocenters. The molecule has 0 saturated carbocycles. The Labute approximate surface area is 111 Å². The Hall–Kier alpha value is -1.69. The minimum absolute atomic E-state index is 0.111. The molecule has 1 aromatic carbocycles. The summed E-state index contributed by atoms with van der Waals surface area (Å²) in [5.74, 6) is -0.512. The summed E-state index contributed by atoms with van der Waals surface area (Å²) in [5.41, 5.74) is 1.77. The minimum atomic E-state index is -2.63. The second-order valence-electron chi connectivity index (χ2n) is 4.16. The fourth-order valence-corrected chi connectivity index (χ4v) is 1.79. The van der Waals surface area contributed by atoms with E-state index in [9.17, 15) is 13.6 Å². The summed E-state index contributed by atoms with van der Waals surface area (Å²) in [6, 6.07) is 5.19. The quantitative estimate of drug-likeness (QED) is 0.829. The van der Waals surface area contributed by atoms with Gasteiger partial charge in [-0.1, -0.05) is 11.6 Å². The van der Waals surface area contributed by atoms with Crippen molar-refractivity contribution >= 4 is 11.6 Å². The lowest BCUT2D eigenvalue weighted by molar-refractivity contribution is 0.0510. The molecular weight excluding hydrogens is 254 g/mol. The van der Waals surface area contributed by atoms with Crippen LogP contribution in [-0.4, -0.2) is 49.1 Å². The minimum Gasteiger partial charge on any atom is -0.395 e. The molecule has 2 N–H and O–H groups in total. The van der Waals surface area contributed by atoms with Crippen LogP contribution in [0.15, 0.2) is 18.2 Å². The second kappa shape index (κ2) is 7.04. The number of aliphatic hydroxyl groups excluding tert-OH is 1. The molecule has 19 heavy (non-hydrogen) atoms. The van der Waals surface area contributed by atoms with Gasteiger partial charge in [0.1, 0.15) is 0 Å². The van der Waals surface area contributed by atoms with E-state index >= 15 is 0 Å². The van der Waals surface area contributed by atoms with Crippen LogP contribution in [0, 0.1) is 6.92 Å². The van der Waals surface area contributed by atoms with E-state index < -0.39 is 18.9 Å². The van der Waals surface area contributed by atoms with Gasteiger partial charge in [-0.3, -0.25) is 4.79 Å². The van der Waals surface area contributed by atoms with E-state index in [2.05, 4.69) is 5.32 Å². The Balaban J connectivity index is 3.04. The largest absolute Gasteiger partial charge is 0.395 e. The van der Waals surface area contributed by atoms with Crippen molar-refractivity contribution in [3.05, 3.63) is 29.3 Å². The standard InChI is InChI=1S/C13H18F2N2O2/c1-9-3-4-11(16-2)10(7-9)13(19)17(5-6-18)8-12(14)15/h3-4,7,12,16,18H,5-6,8H2,1-2H3. The summed E-state index contributed by atoms with van der Waals surface area (Å²) in [6.07, 6.45) is -2.63. The van der Waals surface area contributed by atoms with Crippen molar-refractivity contribution in [2.75, 3.05) is 32.1 Å². The number of rotatable bonds is 6. The lowest BCUT2D eigenvalue weighted by Gasteiger charge is -2.22. The molecule has 0 heterocycles. The average molecular weight is 272 g/mol. The third-order valence-corrected chi connectivity index (χ3v) is 2.69. The highest BCUT2D eigenvalue weighted by atomic mass is 19.3. The fourth-order valence-electron chi connectivity index (χ4n) is 1.79. The van der Waals surface area contributed by atoms with E-state index in [1.54, 1.807) is 19.2 Å². The molecule has 1 aromatic rings. The van der Waals surface area contributed by atoms with Crippen LogP contribution in [0.2, 0.25) is 0 Å². The zero-order valence-electron chi connectivity index (χ0n) is 11.0. The number of carbonyl (C=O) groups excluding carboxylic acids is 1. The maximum atomic E-state index is 12.5. The molecule has 0 atom stereocenters. The van der Waals surface area contributed by atoms with E-state index in [-0.39, 0.29) is 13.2 Å². The SMILES string of the molecule is CNc1ccc(C)cc1C(=O)N(CCO)CC(F)F. The van der Waals surface area contributed by atoms with Gasteiger partial charge in [-0.25, -0.2) is 8.78 Å². The summed E-state index contributed by atoms with van der Waals surface area (Å²) in [6.45, 7) is 0.676. The van der Waals surface area contributed by atoms with Crippen LogP contribution in [-0.2, 0) is 0 Å². The van der Waals surface area contributed by atoms with Crippen LogP contribution >= 0.6 is 0 Å². The first-order chi connectivity index (χ1) is 8.99. The molecule has 0 aliphatic rings. The van der Waals surface area contributed by atoms with Crippen molar-refractivity contribution in [3.63, 3.8) is 0 Å². The van der Waals surface area contributed by atoms with E-state index in [4.69, 9.17) is 5.11 Å². The number of nitrogens with one attached hydrogen (secondary N) is 1. The van der Waals surface area contributed by atoms with Crippen LogP contribution in [0.4, 0.5) is 14.5 Å². The van der Waals surface area contributed by atoms with E-state index in [0.29, 0.717) is 11.3 Å². The Bertz CT molecular complexity index is 439. The molecule has 0 spiro atoms. The number of anilines is 1. The molecule has 0 fully saturated rings. The highest BCUT2D eigenvalue weighted by Crippen LogP contribution is 2.19. The van der Waals surface area contributed by atoms with Crippen LogP contribution in [0.1, 0.15) is 15.9 Å². The maximum absolute atomic E-state index is 12.5. The van der Waals surface area contributed by atoms with Gasteiger partial charge in [-0.05, 0) is 19.1 Å². The molecule has 0 aromatic heterocycles. The molecule has 0 saturated heterocycles.